The summed E-state index contributed by atoms with van der Waals surface area (Å²) < 4.78 is 25.0. The lowest BCUT2D eigenvalue weighted by atomic mass is 10.1. The summed E-state index contributed by atoms with van der Waals surface area (Å²) in [5.74, 6) is -0.108. The van der Waals surface area contributed by atoms with Crippen LogP contribution in [0.25, 0.3) is 10.9 Å². The van der Waals surface area contributed by atoms with E-state index in [1.165, 1.54) is 12.1 Å². The monoisotopic (exact) mass is 463 g/mol. The highest BCUT2D eigenvalue weighted by atomic mass is 32.2. The van der Waals surface area contributed by atoms with Gasteiger partial charge in [-0.3, -0.25) is 4.79 Å². The second kappa shape index (κ2) is 9.48. The van der Waals surface area contributed by atoms with Crippen molar-refractivity contribution in [2.75, 3.05) is 11.9 Å². The van der Waals surface area contributed by atoms with E-state index in [2.05, 4.69) is 9.88 Å². The third-order valence-electron chi connectivity index (χ3n) is 5.55. The van der Waals surface area contributed by atoms with E-state index in [4.69, 9.17) is 5.14 Å². The zero-order valence-electron chi connectivity index (χ0n) is 17.9. The Morgan fingerprint density at radius 3 is 2.24 bits per heavy atom. The summed E-state index contributed by atoms with van der Waals surface area (Å²) in [6.45, 7) is 1.15. The Morgan fingerprint density at radius 1 is 0.909 bits per heavy atom. The number of carboxylic acids is 1. The highest BCUT2D eigenvalue weighted by Crippen LogP contribution is 2.32. The molecule has 0 aliphatic heterocycles. The van der Waals surface area contributed by atoms with Crippen LogP contribution in [0.4, 0.5) is 5.82 Å². The van der Waals surface area contributed by atoms with E-state index < -0.39 is 16.0 Å². The average molecular weight is 464 g/mol. The molecule has 1 heterocycles. The first kappa shape index (κ1) is 22.6. The van der Waals surface area contributed by atoms with Gasteiger partial charge in [-0.2, -0.15) is 0 Å². The van der Waals surface area contributed by atoms with Crippen molar-refractivity contribution >= 4 is 32.7 Å². The SMILES string of the molecule is NS(=O)(=O)c1ccc(CCNc2c(CC(=O)O)c3ccccc3n2Cc2ccccc2)cc1. The van der Waals surface area contributed by atoms with Crippen molar-refractivity contribution in [3.8, 4) is 0 Å². The van der Waals surface area contributed by atoms with Crippen molar-refractivity contribution in [3.05, 3.63) is 95.6 Å². The Bertz CT molecular complexity index is 1380. The van der Waals surface area contributed by atoms with Gasteiger partial charge in [0.15, 0.2) is 0 Å². The molecule has 4 N–H and O–H groups in total. The molecule has 3 aromatic carbocycles. The Kier molecular flexibility index (Phi) is 6.48. The summed E-state index contributed by atoms with van der Waals surface area (Å²) in [6.07, 6.45) is 0.540. The van der Waals surface area contributed by atoms with Gasteiger partial charge in [0, 0.05) is 24.0 Å². The van der Waals surface area contributed by atoms with Crippen molar-refractivity contribution < 1.29 is 18.3 Å². The quantitative estimate of drug-likeness (QED) is 0.351. The molecule has 0 aliphatic rings. The van der Waals surface area contributed by atoms with Gasteiger partial charge >= 0.3 is 5.97 Å². The molecular weight excluding hydrogens is 438 g/mol. The Morgan fingerprint density at radius 2 is 1.58 bits per heavy atom. The van der Waals surface area contributed by atoms with Crippen LogP contribution in [0.3, 0.4) is 0 Å². The number of anilines is 1. The van der Waals surface area contributed by atoms with E-state index >= 15 is 0 Å². The largest absolute Gasteiger partial charge is 0.481 e. The van der Waals surface area contributed by atoms with Gasteiger partial charge in [0.25, 0.3) is 0 Å². The molecule has 4 rings (SSSR count). The molecule has 7 nitrogen and oxygen atoms in total. The van der Waals surface area contributed by atoms with Gasteiger partial charge in [0.2, 0.25) is 10.0 Å². The van der Waals surface area contributed by atoms with Gasteiger partial charge in [-0.05, 0) is 35.7 Å². The van der Waals surface area contributed by atoms with Crippen molar-refractivity contribution in [3.63, 3.8) is 0 Å². The van der Waals surface area contributed by atoms with E-state index in [0.717, 1.165) is 33.4 Å². The molecule has 0 aliphatic carbocycles. The molecule has 1 aromatic heterocycles. The van der Waals surface area contributed by atoms with Gasteiger partial charge in [-0.25, -0.2) is 13.6 Å². The maximum absolute atomic E-state index is 11.6. The Balaban J connectivity index is 1.64. The first-order valence-corrected chi connectivity index (χ1v) is 12.1. The van der Waals surface area contributed by atoms with Crippen molar-refractivity contribution in [2.24, 2.45) is 5.14 Å². The molecule has 0 spiro atoms. The highest BCUT2D eigenvalue weighted by molar-refractivity contribution is 7.89. The minimum absolute atomic E-state index is 0.0749. The summed E-state index contributed by atoms with van der Waals surface area (Å²) in [4.78, 5) is 11.7. The first-order chi connectivity index (χ1) is 15.8. The molecular formula is C25H25N3O4S. The third kappa shape index (κ3) is 5.24. The van der Waals surface area contributed by atoms with E-state index in [1.54, 1.807) is 12.1 Å². The maximum Gasteiger partial charge on any atom is 0.307 e. The van der Waals surface area contributed by atoms with Crippen LogP contribution in [0.15, 0.2) is 83.8 Å². The smallest absolute Gasteiger partial charge is 0.307 e. The number of nitrogens with zero attached hydrogens (tertiary/aromatic N) is 1. The number of para-hydroxylation sites is 1. The van der Waals surface area contributed by atoms with Crippen molar-refractivity contribution in [1.29, 1.82) is 0 Å². The fourth-order valence-corrected chi connectivity index (χ4v) is 4.52. The van der Waals surface area contributed by atoms with Crippen LogP contribution in [-0.4, -0.2) is 30.6 Å². The van der Waals surface area contributed by atoms with Crippen LogP contribution in [0.5, 0.6) is 0 Å². The van der Waals surface area contributed by atoms with Crippen LogP contribution in [-0.2, 0) is 34.2 Å². The molecule has 0 atom stereocenters. The van der Waals surface area contributed by atoms with E-state index in [1.807, 2.05) is 54.6 Å². The number of nitrogens with two attached hydrogens (primary N) is 1. The molecule has 0 saturated heterocycles. The predicted molar refractivity (Wildman–Crippen MR) is 129 cm³/mol. The maximum atomic E-state index is 11.6. The molecule has 0 fully saturated rings. The molecule has 0 radical (unpaired) electrons. The number of nitrogens with one attached hydrogen (secondary N) is 1. The number of primary sulfonamides is 1. The molecule has 8 heteroatoms. The van der Waals surface area contributed by atoms with Gasteiger partial charge < -0.3 is 15.0 Å². The van der Waals surface area contributed by atoms with Gasteiger partial charge in [-0.1, -0.05) is 60.7 Å². The molecule has 0 bridgehead atoms. The number of benzene rings is 3. The summed E-state index contributed by atoms with van der Waals surface area (Å²) >= 11 is 0. The lowest BCUT2D eigenvalue weighted by Crippen LogP contribution is -2.14. The molecule has 33 heavy (non-hydrogen) atoms. The minimum Gasteiger partial charge on any atom is -0.481 e. The zero-order chi connectivity index (χ0) is 23.4. The molecule has 0 amide bonds. The molecule has 0 unspecified atom stereocenters. The summed E-state index contributed by atoms with van der Waals surface area (Å²) in [5, 5.41) is 19.1. The van der Waals surface area contributed by atoms with Crippen LogP contribution in [0, 0.1) is 0 Å². The zero-order valence-corrected chi connectivity index (χ0v) is 18.8. The Labute approximate surface area is 192 Å². The summed E-state index contributed by atoms with van der Waals surface area (Å²) in [5.41, 5.74) is 3.78. The van der Waals surface area contributed by atoms with E-state index in [0.29, 0.717) is 19.5 Å². The van der Waals surface area contributed by atoms with Crippen LogP contribution >= 0.6 is 0 Å². The highest BCUT2D eigenvalue weighted by Gasteiger charge is 2.19. The van der Waals surface area contributed by atoms with E-state index in [-0.39, 0.29) is 11.3 Å². The standard InChI is InChI=1S/C25H25N3O4S/c26-33(31,32)20-12-10-18(11-13-20)14-15-27-25-22(16-24(29)30)21-8-4-5-9-23(21)28(25)17-19-6-2-1-3-7-19/h1-13,27H,14-17H2,(H,29,30)(H2,26,31,32). The fraction of sp³-hybridized carbons (Fsp3) is 0.160. The molecule has 0 saturated carbocycles. The molecule has 170 valence electrons. The van der Waals surface area contributed by atoms with Crippen molar-refractivity contribution in [2.45, 2.75) is 24.3 Å². The van der Waals surface area contributed by atoms with Gasteiger partial charge in [0.1, 0.15) is 5.82 Å². The second-order valence-electron chi connectivity index (χ2n) is 7.85. The number of fused-ring (bicyclic) bond motifs is 1. The molecule has 4 aromatic rings. The normalized spacial score (nSPS) is 11.5. The third-order valence-corrected chi connectivity index (χ3v) is 6.47. The number of hydrogen-bond donors (Lipinski definition) is 3. The van der Waals surface area contributed by atoms with Gasteiger partial charge in [0.05, 0.1) is 16.8 Å². The van der Waals surface area contributed by atoms with Crippen LogP contribution in [0.2, 0.25) is 0 Å². The van der Waals surface area contributed by atoms with Gasteiger partial charge in [-0.15, -0.1) is 0 Å². The lowest BCUT2D eigenvalue weighted by molar-refractivity contribution is -0.136. The first-order valence-electron chi connectivity index (χ1n) is 10.5. The van der Waals surface area contributed by atoms with Crippen LogP contribution < -0.4 is 10.5 Å². The summed E-state index contributed by atoms with van der Waals surface area (Å²) in [7, 11) is -3.73. The number of rotatable bonds is 9. The summed E-state index contributed by atoms with van der Waals surface area (Å²) in [6, 6.07) is 24.3. The second-order valence-corrected chi connectivity index (χ2v) is 9.41. The number of hydrogen-bond acceptors (Lipinski definition) is 4. The lowest BCUT2D eigenvalue weighted by Gasteiger charge is -2.15. The fourth-order valence-electron chi connectivity index (χ4n) is 4.01. The van der Waals surface area contributed by atoms with Crippen molar-refractivity contribution in [1.82, 2.24) is 4.57 Å². The Hall–Kier alpha value is -3.62. The number of carboxylic acid groups (broad SMARTS) is 1. The minimum atomic E-state index is -3.73. The van der Waals surface area contributed by atoms with Crippen LogP contribution in [0.1, 0.15) is 16.7 Å². The number of carbonyl (C=O) groups is 1. The topological polar surface area (TPSA) is 114 Å². The number of aromatic nitrogens is 1. The number of aliphatic carboxylic acids is 1. The predicted octanol–water partition coefficient (Wildman–Crippen LogP) is 3.62. The number of sulfonamides is 1. The average Bonchev–Trinajstić information content (AvgIpc) is 3.06. The van der Waals surface area contributed by atoms with E-state index in [9.17, 15) is 18.3 Å².